The van der Waals surface area contributed by atoms with Crippen molar-refractivity contribution in [3.8, 4) is 0 Å². The Bertz CT molecular complexity index is 1090. The fourth-order valence-corrected chi connectivity index (χ4v) is 5.64. The molecule has 0 N–H and O–H groups in total. The number of hydrogen-bond acceptors (Lipinski definition) is 3. The van der Waals surface area contributed by atoms with Gasteiger partial charge in [0, 0.05) is 23.5 Å². The van der Waals surface area contributed by atoms with Crippen LogP contribution in [0.5, 0.6) is 0 Å². The predicted octanol–water partition coefficient (Wildman–Crippen LogP) is 6.12. The van der Waals surface area contributed by atoms with Crippen LogP contribution in [0, 0.1) is 0 Å². The molecule has 0 saturated carbocycles. The number of rotatable bonds is 9. The molecule has 178 valence electrons. The molecular formula is C29H34N2O2S. The van der Waals surface area contributed by atoms with Crippen molar-refractivity contribution in [3.05, 3.63) is 93.2 Å². The molecule has 2 heterocycles. The number of amides is 2. The summed E-state index contributed by atoms with van der Waals surface area (Å²) in [4.78, 5) is 32.0. The molecule has 0 fully saturated rings. The number of aryl methyl sites for hydroxylation is 1. The highest BCUT2D eigenvalue weighted by atomic mass is 32.1. The van der Waals surface area contributed by atoms with E-state index in [1.165, 1.54) is 16.0 Å². The first-order valence-corrected chi connectivity index (χ1v) is 13.3. The molecule has 2 aromatic carbocycles. The van der Waals surface area contributed by atoms with Gasteiger partial charge in [-0.05, 0) is 66.0 Å². The minimum Gasteiger partial charge on any atom is -0.330 e. The zero-order valence-electron chi connectivity index (χ0n) is 20.2. The van der Waals surface area contributed by atoms with Crippen LogP contribution in [0.2, 0.25) is 0 Å². The van der Waals surface area contributed by atoms with E-state index in [9.17, 15) is 9.59 Å². The van der Waals surface area contributed by atoms with Crippen molar-refractivity contribution in [3.63, 3.8) is 0 Å². The lowest BCUT2D eigenvalue weighted by molar-refractivity contribution is -0.134. The highest BCUT2D eigenvalue weighted by molar-refractivity contribution is 7.10. The molecular weight excluding hydrogens is 440 g/mol. The number of unbranched alkanes of at least 4 members (excludes halogenated alkanes) is 1. The Kier molecular flexibility index (Phi) is 8.17. The number of nitrogens with zero attached hydrogens (tertiary/aromatic N) is 2. The van der Waals surface area contributed by atoms with Crippen LogP contribution in [0.3, 0.4) is 0 Å². The van der Waals surface area contributed by atoms with Gasteiger partial charge in [-0.1, -0.05) is 62.7 Å². The zero-order valence-corrected chi connectivity index (χ0v) is 21.0. The van der Waals surface area contributed by atoms with Crippen LogP contribution in [-0.4, -0.2) is 41.2 Å². The van der Waals surface area contributed by atoms with Crippen LogP contribution in [0.25, 0.3) is 0 Å². The average Bonchev–Trinajstić information content (AvgIpc) is 3.36. The zero-order chi connectivity index (χ0) is 23.9. The molecule has 0 radical (unpaired) electrons. The van der Waals surface area contributed by atoms with Gasteiger partial charge in [0.15, 0.2) is 0 Å². The summed E-state index contributed by atoms with van der Waals surface area (Å²) in [7, 11) is 0. The Morgan fingerprint density at radius 1 is 1.00 bits per heavy atom. The summed E-state index contributed by atoms with van der Waals surface area (Å²) in [5.41, 5.74) is 4.24. The first kappa shape index (κ1) is 24.2. The van der Waals surface area contributed by atoms with Crippen molar-refractivity contribution < 1.29 is 9.59 Å². The van der Waals surface area contributed by atoms with Crippen molar-refractivity contribution in [2.75, 3.05) is 19.6 Å². The third-order valence-electron chi connectivity index (χ3n) is 6.53. The third kappa shape index (κ3) is 5.41. The van der Waals surface area contributed by atoms with Crippen LogP contribution in [-0.2, 0) is 17.6 Å². The molecule has 34 heavy (non-hydrogen) atoms. The first-order chi connectivity index (χ1) is 16.6. The molecule has 0 spiro atoms. The SMILES string of the molecule is CCCCc1ccc(C(=O)N(CCC)CC(=O)N2CCc3sccc3C2c2ccccc2)cc1. The minimum atomic E-state index is -0.0971. The van der Waals surface area contributed by atoms with Crippen molar-refractivity contribution >= 4 is 23.2 Å². The molecule has 1 aromatic heterocycles. The summed E-state index contributed by atoms with van der Waals surface area (Å²) >= 11 is 1.77. The van der Waals surface area contributed by atoms with Gasteiger partial charge >= 0.3 is 0 Å². The van der Waals surface area contributed by atoms with Gasteiger partial charge in [0.2, 0.25) is 5.91 Å². The van der Waals surface area contributed by atoms with Gasteiger partial charge in [0.05, 0.1) is 6.04 Å². The summed E-state index contributed by atoms with van der Waals surface area (Å²) in [6.45, 7) is 5.57. The molecule has 1 atom stereocenters. The van der Waals surface area contributed by atoms with Gasteiger partial charge < -0.3 is 9.80 Å². The molecule has 1 unspecified atom stereocenters. The Morgan fingerprint density at radius 2 is 1.76 bits per heavy atom. The highest BCUT2D eigenvalue weighted by Gasteiger charge is 2.33. The van der Waals surface area contributed by atoms with E-state index in [-0.39, 0.29) is 24.4 Å². The number of hydrogen-bond donors (Lipinski definition) is 0. The van der Waals surface area contributed by atoms with Crippen LogP contribution < -0.4 is 0 Å². The highest BCUT2D eigenvalue weighted by Crippen LogP contribution is 2.37. The monoisotopic (exact) mass is 474 g/mol. The largest absolute Gasteiger partial charge is 0.330 e. The second kappa shape index (κ2) is 11.5. The Labute approximate surface area is 207 Å². The summed E-state index contributed by atoms with van der Waals surface area (Å²) in [6, 6.07) is 20.2. The molecule has 2 amide bonds. The van der Waals surface area contributed by atoms with Crippen molar-refractivity contribution in [2.45, 2.75) is 52.0 Å². The van der Waals surface area contributed by atoms with E-state index >= 15 is 0 Å². The van der Waals surface area contributed by atoms with E-state index in [4.69, 9.17) is 0 Å². The fraction of sp³-hybridized carbons (Fsp3) is 0.379. The van der Waals surface area contributed by atoms with Crippen LogP contribution in [0.4, 0.5) is 0 Å². The molecule has 0 bridgehead atoms. The Hall–Kier alpha value is -2.92. The number of thiophene rings is 1. The van der Waals surface area contributed by atoms with Crippen molar-refractivity contribution in [2.24, 2.45) is 0 Å². The van der Waals surface area contributed by atoms with Gasteiger partial charge in [-0.15, -0.1) is 11.3 Å². The molecule has 4 nitrogen and oxygen atoms in total. The Balaban J connectivity index is 1.53. The first-order valence-electron chi connectivity index (χ1n) is 12.4. The van der Waals surface area contributed by atoms with E-state index in [1.54, 1.807) is 16.2 Å². The van der Waals surface area contributed by atoms with Gasteiger partial charge in [0.25, 0.3) is 5.91 Å². The van der Waals surface area contributed by atoms with Crippen molar-refractivity contribution in [1.82, 2.24) is 9.80 Å². The molecule has 0 saturated heterocycles. The number of fused-ring (bicyclic) bond motifs is 1. The number of carbonyl (C=O) groups is 2. The number of benzene rings is 2. The lowest BCUT2D eigenvalue weighted by Gasteiger charge is -2.37. The Morgan fingerprint density at radius 3 is 2.47 bits per heavy atom. The molecule has 1 aliphatic heterocycles. The van der Waals surface area contributed by atoms with E-state index in [1.807, 2.05) is 54.3 Å². The van der Waals surface area contributed by atoms with Crippen molar-refractivity contribution in [1.29, 1.82) is 0 Å². The minimum absolute atomic E-state index is 0.00655. The molecule has 1 aliphatic rings. The summed E-state index contributed by atoms with van der Waals surface area (Å²) in [5.74, 6) is -0.0613. The van der Waals surface area contributed by atoms with Gasteiger partial charge in [0.1, 0.15) is 6.54 Å². The van der Waals surface area contributed by atoms with E-state index in [0.717, 1.165) is 37.7 Å². The molecule has 4 rings (SSSR count). The van der Waals surface area contributed by atoms with Gasteiger partial charge in [-0.2, -0.15) is 0 Å². The maximum Gasteiger partial charge on any atom is 0.254 e. The number of carbonyl (C=O) groups excluding carboxylic acids is 2. The molecule has 0 aliphatic carbocycles. The van der Waals surface area contributed by atoms with E-state index < -0.39 is 0 Å². The lowest BCUT2D eigenvalue weighted by Crippen LogP contribution is -2.47. The third-order valence-corrected chi connectivity index (χ3v) is 7.52. The second-order valence-corrected chi connectivity index (χ2v) is 9.98. The van der Waals surface area contributed by atoms with E-state index in [0.29, 0.717) is 18.7 Å². The normalized spacial score (nSPS) is 15.1. The summed E-state index contributed by atoms with van der Waals surface area (Å²) < 4.78 is 0. The summed E-state index contributed by atoms with van der Waals surface area (Å²) in [6.07, 6.45) is 5.00. The van der Waals surface area contributed by atoms with Crippen LogP contribution >= 0.6 is 11.3 Å². The smallest absolute Gasteiger partial charge is 0.254 e. The van der Waals surface area contributed by atoms with Gasteiger partial charge in [-0.3, -0.25) is 9.59 Å². The molecule has 3 aromatic rings. The lowest BCUT2D eigenvalue weighted by atomic mass is 9.93. The van der Waals surface area contributed by atoms with Gasteiger partial charge in [-0.25, -0.2) is 0 Å². The van der Waals surface area contributed by atoms with Crippen LogP contribution in [0.15, 0.2) is 66.0 Å². The maximum atomic E-state index is 13.6. The molecule has 5 heteroatoms. The van der Waals surface area contributed by atoms with E-state index in [2.05, 4.69) is 30.5 Å². The standard InChI is InChI=1S/C29H34N2O2S/c1-3-5-9-22-12-14-24(15-13-22)29(33)30(18-4-2)21-27(32)31-19-16-26-25(17-20-34-26)28(31)23-10-7-6-8-11-23/h6-8,10-15,17,20,28H,3-5,9,16,18-19,21H2,1-2H3. The summed E-state index contributed by atoms with van der Waals surface area (Å²) in [5, 5.41) is 2.12. The fourth-order valence-electron chi connectivity index (χ4n) is 4.73. The second-order valence-electron chi connectivity index (χ2n) is 8.98. The quantitative estimate of drug-likeness (QED) is 0.375. The predicted molar refractivity (Wildman–Crippen MR) is 139 cm³/mol. The maximum absolute atomic E-state index is 13.6. The topological polar surface area (TPSA) is 40.6 Å². The average molecular weight is 475 g/mol. The van der Waals surface area contributed by atoms with Crippen LogP contribution in [0.1, 0.15) is 71.1 Å².